The third-order valence-corrected chi connectivity index (χ3v) is 8.50. The molecule has 8 heteroatoms. The van der Waals surface area contributed by atoms with E-state index in [-0.39, 0.29) is 11.0 Å². The van der Waals surface area contributed by atoms with Gasteiger partial charge in [-0.2, -0.15) is 0 Å². The molecule has 2 heterocycles. The Labute approximate surface area is 204 Å². The molecule has 0 aliphatic heterocycles. The third kappa shape index (κ3) is 4.88. The maximum atomic E-state index is 12.5. The summed E-state index contributed by atoms with van der Waals surface area (Å²) >= 11 is 4.77. The van der Waals surface area contributed by atoms with Gasteiger partial charge in [-0.15, -0.1) is 21.5 Å². The van der Waals surface area contributed by atoms with Crippen LogP contribution in [-0.2, 0) is 10.5 Å². The van der Waals surface area contributed by atoms with E-state index in [4.69, 9.17) is 4.98 Å². The number of carbonyl (C=O) groups excluding carboxylic acids is 1. The highest BCUT2D eigenvalue weighted by molar-refractivity contribution is 8.00. The number of rotatable bonds is 8. The van der Waals surface area contributed by atoms with Gasteiger partial charge >= 0.3 is 0 Å². The van der Waals surface area contributed by atoms with E-state index in [1.807, 2.05) is 83.4 Å². The predicted octanol–water partition coefficient (Wildman–Crippen LogP) is 6.59. The summed E-state index contributed by atoms with van der Waals surface area (Å²) in [6.07, 6.45) is 0. The number of fused-ring (bicyclic) bond motifs is 1. The van der Waals surface area contributed by atoms with E-state index in [1.165, 1.54) is 16.5 Å². The smallest absolute Gasteiger partial charge is 0.196 e. The Morgan fingerprint density at radius 1 is 0.939 bits per heavy atom. The Bertz CT molecular complexity index is 1350. The topological polar surface area (TPSA) is 60.7 Å². The fourth-order valence-corrected chi connectivity index (χ4v) is 6.52. The first kappa shape index (κ1) is 21.9. The van der Waals surface area contributed by atoms with E-state index in [9.17, 15) is 4.79 Å². The van der Waals surface area contributed by atoms with Crippen molar-refractivity contribution < 1.29 is 4.79 Å². The van der Waals surface area contributed by atoms with Crippen LogP contribution < -0.4 is 0 Å². The molecule has 33 heavy (non-hydrogen) atoms. The molecule has 0 aliphatic carbocycles. The van der Waals surface area contributed by atoms with Crippen LogP contribution in [0.1, 0.15) is 23.6 Å². The fraction of sp³-hybridized carbons (Fsp3) is 0.120. The van der Waals surface area contributed by atoms with E-state index in [0.29, 0.717) is 10.9 Å². The maximum absolute atomic E-state index is 12.5. The molecule has 164 valence electrons. The van der Waals surface area contributed by atoms with Crippen molar-refractivity contribution >= 4 is 50.9 Å². The summed E-state index contributed by atoms with van der Waals surface area (Å²) in [5, 5.41) is 9.35. The van der Waals surface area contributed by atoms with Gasteiger partial charge in [0.1, 0.15) is 11.6 Å². The molecule has 5 nitrogen and oxygen atoms in total. The maximum Gasteiger partial charge on any atom is 0.196 e. The molecule has 5 aromatic rings. The van der Waals surface area contributed by atoms with Crippen LogP contribution in [0.4, 0.5) is 0 Å². The second kappa shape index (κ2) is 9.91. The summed E-state index contributed by atoms with van der Waals surface area (Å²) in [5.41, 5.74) is 2.95. The molecule has 1 atom stereocenters. The molecular weight excluding hydrogens is 469 g/mol. The number of nitrogens with zero attached hydrogens (tertiary/aromatic N) is 4. The van der Waals surface area contributed by atoms with Crippen molar-refractivity contribution in [2.24, 2.45) is 0 Å². The molecule has 0 spiro atoms. The van der Waals surface area contributed by atoms with Gasteiger partial charge in [-0.1, -0.05) is 84.2 Å². The van der Waals surface area contributed by atoms with Crippen molar-refractivity contribution in [2.45, 2.75) is 27.4 Å². The van der Waals surface area contributed by atoms with Crippen LogP contribution in [0, 0.1) is 0 Å². The molecule has 0 aliphatic rings. The van der Waals surface area contributed by atoms with Gasteiger partial charge in [-0.25, -0.2) is 4.98 Å². The molecule has 0 N–H and O–H groups in total. The summed E-state index contributed by atoms with van der Waals surface area (Å²) in [7, 11) is 0. The van der Waals surface area contributed by atoms with E-state index < -0.39 is 0 Å². The van der Waals surface area contributed by atoms with E-state index in [1.54, 1.807) is 30.0 Å². The van der Waals surface area contributed by atoms with Crippen LogP contribution in [0.2, 0.25) is 0 Å². The lowest BCUT2D eigenvalue weighted by molar-refractivity contribution is -0.116. The molecule has 3 aromatic carbocycles. The molecule has 0 saturated heterocycles. The van der Waals surface area contributed by atoms with Gasteiger partial charge in [-0.05, 0) is 36.8 Å². The number of Topliss-reactive ketones (excluding diaryl/α,β-unsaturated/α-hetero) is 1. The molecule has 0 saturated carbocycles. The van der Waals surface area contributed by atoms with E-state index >= 15 is 0 Å². The normalized spacial score (nSPS) is 12.2. The van der Waals surface area contributed by atoms with Crippen molar-refractivity contribution in [3.8, 4) is 5.69 Å². The molecule has 0 amide bonds. The van der Waals surface area contributed by atoms with Crippen LogP contribution in [0.15, 0.2) is 94.4 Å². The highest BCUT2D eigenvalue weighted by atomic mass is 32.2. The minimum absolute atomic E-state index is 0.0826. The SMILES string of the molecule is CC(=O)[C@H](Sc1nnc(CSc2nc3ccccc3s2)n1-c1ccccc1)c1ccccc1. The van der Waals surface area contributed by atoms with Crippen molar-refractivity contribution in [3.05, 3.63) is 96.3 Å². The monoisotopic (exact) mass is 488 g/mol. The Morgan fingerprint density at radius 3 is 2.36 bits per heavy atom. The molecule has 0 fully saturated rings. The highest BCUT2D eigenvalue weighted by Crippen LogP contribution is 2.37. The van der Waals surface area contributed by atoms with Crippen LogP contribution in [0.5, 0.6) is 0 Å². The minimum atomic E-state index is -0.345. The van der Waals surface area contributed by atoms with Crippen LogP contribution >= 0.6 is 34.9 Å². The molecule has 0 bridgehead atoms. The van der Waals surface area contributed by atoms with Gasteiger partial charge in [0.05, 0.1) is 21.2 Å². The van der Waals surface area contributed by atoms with Crippen molar-refractivity contribution in [1.82, 2.24) is 19.7 Å². The zero-order valence-corrected chi connectivity index (χ0v) is 20.2. The first-order valence-corrected chi connectivity index (χ1v) is 13.1. The lowest BCUT2D eigenvalue weighted by Crippen LogP contribution is -2.08. The van der Waals surface area contributed by atoms with Crippen LogP contribution in [-0.4, -0.2) is 25.5 Å². The molecular formula is C25H20N4OS3. The largest absolute Gasteiger partial charge is 0.298 e. The predicted molar refractivity (Wildman–Crippen MR) is 136 cm³/mol. The lowest BCUT2D eigenvalue weighted by Gasteiger charge is -2.15. The molecule has 5 rings (SSSR count). The van der Waals surface area contributed by atoms with Gasteiger partial charge in [0.15, 0.2) is 9.50 Å². The number of para-hydroxylation sites is 2. The first-order valence-electron chi connectivity index (χ1n) is 10.4. The minimum Gasteiger partial charge on any atom is -0.298 e. The Balaban J connectivity index is 1.46. The number of thioether (sulfide) groups is 2. The number of carbonyl (C=O) groups is 1. The van der Waals surface area contributed by atoms with Gasteiger partial charge in [-0.3, -0.25) is 9.36 Å². The highest BCUT2D eigenvalue weighted by Gasteiger charge is 2.24. The first-order chi connectivity index (χ1) is 16.2. The number of ketones is 1. The number of benzene rings is 3. The number of aromatic nitrogens is 4. The summed E-state index contributed by atoms with van der Waals surface area (Å²) in [4.78, 5) is 17.2. The second-order valence-electron chi connectivity index (χ2n) is 7.33. The lowest BCUT2D eigenvalue weighted by atomic mass is 10.1. The number of thiazole rings is 1. The van der Waals surface area contributed by atoms with Crippen molar-refractivity contribution in [1.29, 1.82) is 0 Å². The van der Waals surface area contributed by atoms with Crippen LogP contribution in [0.25, 0.3) is 15.9 Å². The average molecular weight is 489 g/mol. The van der Waals surface area contributed by atoms with Gasteiger partial charge in [0, 0.05) is 5.69 Å². The van der Waals surface area contributed by atoms with Crippen molar-refractivity contribution in [2.75, 3.05) is 0 Å². The van der Waals surface area contributed by atoms with Gasteiger partial charge in [0.25, 0.3) is 0 Å². The number of hydrogen-bond acceptors (Lipinski definition) is 7. The zero-order valence-electron chi connectivity index (χ0n) is 17.8. The van der Waals surface area contributed by atoms with Crippen LogP contribution in [0.3, 0.4) is 0 Å². The Hall–Kier alpha value is -2.94. The van der Waals surface area contributed by atoms with E-state index in [2.05, 4.69) is 16.3 Å². The third-order valence-electron chi connectivity index (χ3n) is 5.01. The van der Waals surface area contributed by atoms with Gasteiger partial charge in [0.2, 0.25) is 0 Å². The van der Waals surface area contributed by atoms with Gasteiger partial charge < -0.3 is 0 Å². The zero-order chi connectivity index (χ0) is 22.6. The Morgan fingerprint density at radius 2 is 1.64 bits per heavy atom. The number of hydrogen-bond donors (Lipinski definition) is 0. The molecule has 2 aromatic heterocycles. The van der Waals surface area contributed by atoms with E-state index in [0.717, 1.165) is 26.9 Å². The quantitative estimate of drug-likeness (QED) is 0.230. The average Bonchev–Trinajstić information content (AvgIpc) is 3.45. The molecule has 0 radical (unpaired) electrons. The fourth-order valence-electron chi connectivity index (χ4n) is 3.46. The summed E-state index contributed by atoms with van der Waals surface area (Å²) < 4.78 is 4.22. The summed E-state index contributed by atoms with van der Waals surface area (Å²) in [6, 6.07) is 28.0. The second-order valence-corrected chi connectivity index (χ2v) is 10.7. The standard InChI is InChI=1S/C25H20N4OS3/c1-17(30)23(18-10-4-2-5-11-18)33-24-28-27-22(29(24)19-12-6-3-7-13-19)16-31-25-26-20-14-8-9-15-21(20)32-25/h2-15,23H,16H2,1H3/t23-/m0/s1. The van der Waals surface area contributed by atoms with Crippen molar-refractivity contribution in [3.63, 3.8) is 0 Å². The summed E-state index contributed by atoms with van der Waals surface area (Å²) in [6.45, 7) is 1.62. The Kier molecular flexibility index (Phi) is 6.57. The summed E-state index contributed by atoms with van der Waals surface area (Å²) in [5.74, 6) is 1.53. The molecule has 0 unspecified atom stereocenters.